The van der Waals surface area contributed by atoms with Crippen molar-refractivity contribution in [2.24, 2.45) is 0 Å². The molecule has 3 N–H and O–H groups in total. The minimum Gasteiger partial charge on any atom is -0.497 e. The van der Waals surface area contributed by atoms with Crippen LogP contribution in [0.1, 0.15) is 5.56 Å². The molecule has 3 aromatic rings. The summed E-state index contributed by atoms with van der Waals surface area (Å²) in [5, 5.41) is 4.24. The minimum atomic E-state index is 0.735. The maximum Gasteiger partial charge on any atom is 0.184 e. The van der Waals surface area contributed by atoms with E-state index in [0.717, 1.165) is 33.3 Å². The van der Waals surface area contributed by atoms with Gasteiger partial charge in [-0.2, -0.15) is 0 Å². The number of nitrogen functional groups attached to an aromatic ring is 1. The van der Waals surface area contributed by atoms with Crippen LogP contribution in [-0.4, -0.2) is 12.1 Å². The molecule has 1 aromatic heterocycles. The van der Waals surface area contributed by atoms with Crippen LogP contribution in [-0.2, 0) is 6.54 Å². The Kier molecular flexibility index (Phi) is 3.43. The van der Waals surface area contributed by atoms with E-state index in [0.29, 0.717) is 0 Å². The van der Waals surface area contributed by atoms with Gasteiger partial charge in [0.25, 0.3) is 0 Å². The molecule has 4 nitrogen and oxygen atoms in total. The third kappa shape index (κ3) is 2.67. The van der Waals surface area contributed by atoms with Crippen LogP contribution in [0.5, 0.6) is 5.75 Å². The summed E-state index contributed by atoms with van der Waals surface area (Å²) < 4.78 is 6.24. The van der Waals surface area contributed by atoms with Crippen molar-refractivity contribution in [3.8, 4) is 5.75 Å². The van der Waals surface area contributed by atoms with E-state index in [2.05, 4.69) is 10.3 Å². The highest BCUT2D eigenvalue weighted by Gasteiger charge is 2.03. The number of anilines is 2. The fourth-order valence-electron chi connectivity index (χ4n) is 1.94. The topological polar surface area (TPSA) is 60.2 Å². The Balaban J connectivity index is 1.72. The third-order valence-electron chi connectivity index (χ3n) is 3.02. The van der Waals surface area contributed by atoms with E-state index in [1.165, 1.54) is 5.56 Å². The highest BCUT2D eigenvalue weighted by molar-refractivity contribution is 7.22. The van der Waals surface area contributed by atoms with Gasteiger partial charge in [-0.3, -0.25) is 0 Å². The molecule has 0 amide bonds. The molecule has 0 saturated carbocycles. The molecule has 0 radical (unpaired) electrons. The van der Waals surface area contributed by atoms with Crippen molar-refractivity contribution in [2.45, 2.75) is 6.54 Å². The molecule has 20 heavy (non-hydrogen) atoms. The summed E-state index contributed by atoms with van der Waals surface area (Å²) in [6.45, 7) is 0.735. The zero-order chi connectivity index (χ0) is 13.9. The number of nitrogens with one attached hydrogen (secondary N) is 1. The Morgan fingerprint density at radius 2 is 2.00 bits per heavy atom. The van der Waals surface area contributed by atoms with Crippen molar-refractivity contribution in [3.05, 3.63) is 48.0 Å². The maximum absolute atomic E-state index is 5.77. The van der Waals surface area contributed by atoms with E-state index in [9.17, 15) is 0 Å². The third-order valence-corrected chi connectivity index (χ3v) is 3.99. The summed E-state index contributed by atoms with van der Waals surface area (Å²) in [5.41, 5.74) is 8.70. The predicted molar refractivity (Wildman–Crippen MR) is 84.4 cm³/mol. The molecule has 102 valence electrons. The van der Waals surface area contributed by atoms with E-state index >= 15 is 0 Å². The molecule has 5 heteroatoms. The van der Waals surface area contributed by atoms with Gasteiger partial charge in [-0.25, -0.2) is 4.98 Å². The van der Waals surface area contributed by atoms with Gasteiger partial charge in [-0.05, 0) is 35.9 Å². The Morgan fingerprint density at radius 3 is 2.75 bits per heavy atom. The largest absolute Gasteiger partial charge is 0.497 e. The van der Waals surface area contributed by atoms with Crippen LogP contribution < -0.4 is 15.8 Å². The average molecular weight is 285 g/mol. The predicted octanol–water partition coefficient (Wildman–Crippen LogP) is 3.50. The van der Waals surface area contributed by atoms with Crippen LogP contribution in [0.15, 0.2) is 42.5 Å². The van der Waals surface area contributed by atoms with Crippen molar-refractivity contribution in [1.82, 2.24) is 4.98 Å². The molecule has 0 aliphatic rings. The number of rotatable bonds is 4. The molecule has 3 rings (SSSR count). The quantitative estimate of drug-likeness (QED) is 0.720. The van der Waals surface area contributed by atoms with Gasteiger partial charge in [0.15, 0.2) is 5.13 Å². The monoisotopic (exact) mass is 285 g/mol. The number of ether oxygens (including phenoxy) is 1. The van der Waals surface area contributed by atoms with Gasteiger partial charge in [0.2, 0.25) is 0 Å². The molecule has 0 aliphatic carbocycles. The van der Waals surface area contributed by atoms with Gasteiger partial charge in [-0.1, -0.05) is 23.5 Å². The lowest BCUT2D eigenvalue weighted by atomic mass is 10.2. The van der Waals surface area contributed by atoms with Crippen molar-refractivity contribution in [2.75, 3.05) is 18.2 Å². The SMILES string of the molecule is COc1ccc(CNc2nc3ccc(N)cc3s2)cc1. The summed E-state index contributed by atoms with van der Waals surface area (Å²) in [7, 11) is 1.67. The number of benzene rings is 2. The normalized spacial score (nSPS) is 10.7. The average Bonchev–Trinajstić information content (AvgIpc) is 2.87. The Bertz CT molecular complexity index is 722. The van der Waals surface area contributed by atoms with Gasteiger partial charge < -0.3 is 15.8 Å². The van der Waals surface area contributed by atoms with Gasteiger partial charge in [0.1, 0.15) is 5.75 Å². The van der Waals surface area contributed by atoms with Crippen molar-refractivity contribution in [3.63, 3.8) is 0 Å². The second kappa shape index (κ2) is 5.38. The number of methoxy groups -OCH3 is 1. The van der Waals surface area contributed by atoms with E-state index < -0.39 is 0 Å². The zero-order valence-electron chi connectivity index (χ0n) is 11.1. The number of aromatic nitrogens is 1. The highest BCUT2D eigenvalue weighted by Crippen LogP contribution is 2.27. The van der Waals surface area contributed by atoms with Crippen LogP contribution in [0, 0.1) is 0 Å². The molecule has 0 aliphatic heterocycles. The Morgan fingerprint density at radius 1 is 1.20 bits per heavy atom. The Hall–Kier alpha value is -2.27. The molecule has 1 heterocycles. The van der Waals surface area contributed by atoms with Crippen LogP contribution in [0.3, 0.4) is 0 Å². The number of fused-ring (bicyclic) bond motifs is 1. The zero-order valence-corrected chi connectivity index (χ0v) is 11.9. The number of nitrogens with zero attached hydrogens (tertiary/aromatic N) is 1. The molecule has 0 spiro atoms. The number of nitrogens with two attached hydrogens (primary N) is 1. The van der Waals surface area contributed by atoms with Gasteiger partial charge in [0.05, 0.1) is 17.3 Å². The van der Waals surface area contributed by atoms with Gasteiger partial charge in [-0.15, -0.1) is 0 Å². The summed E-state index contributed by atoms with van der Waals surface area (Å²) in [5.74, 6) is 0.865. The first-order valence-electron chi connectivity index (χ1n) is 6.27. The van der Waals surface area contributed by atoms with E-state index in [-0.39, 0.29) is 0 Å². The molecule has 0 atom stereocenters. The minimum absolute atomic E-state index is 0.735. The molecule has 0 fully saturated rings. The van der Waals surface area contributed by atoms with Gasteiger partial charge in [0, 0.05) is 12.2 Å². The molecule has 0 bridgehead atoms. The van der Waals surface area contributed by atoms with Gasteiger partial charge >= 0.3 is 0 Å². The second-order valence-electron chi connectivity index (χ2n) is 4.45. The smallest absolute Gasteiger partial charge is 0.184 e. The van der Waals surface area contributed by atoms with Crippen LogP contribution in [0.2, 0.25) is 0 Å². The number of thiazole rings is 1. The summed E-state index contributed by atoms with van der Waals surface area (Å²) in [4.78, 5) is 4.53. The van der Waals surface area contributed by atoms with Crippen molar-refractivity contribution in [1.29, 1.82) is 0 Å². The fraction of sp³-hybridized carbons (Fsp3) is 0.133. The lowest BCUT2D eigenvalue weighted by Crippen LogP contribution is -1.98. The molecular weight excluding hydrogens is 270 g/mol. The van der Waals surface area contributed by atoms with Crippen LogP contribution in [0.25, 0.3) is 10.2 Å². The Labute approximate surface area is 121 Å². The van der Waals surface area contributed by atoms with E-state index in [1.807, 2.05) is 42.5 Å². The lowest BCUT2D eigenvalue weighted by molar-refractivity contribution is 0.414. The highest BCUT2D eigenvalue weighted by atomic mass is 32.1. The number of hydrogen-bond acceptors (Lipinski definition) is 5. The maximum atomic E-state index is 5.77. The van der Waals surface area contributed by atoms with Crippen molar-refractivity contribution >= 4 is 32.4 Å². The summed E-state index contributed by atoms with van der Waals surface area (Å²) in [6, 6.07) is 13.8. The second-order valence-corrected chi connectivity index (χ2v) is 5.48. The first kappa shape index (κ1) is 12.7. The first-order valence-corrected chi connectivity index (χ1v) is 7.09. The molecule has 0 saturated heterocycles. The van der Waals surface area contributed by atoms with E-state index in [1.54, 1.807) is 18.4 Å². The standard InChI is InChI=1S/C15H15N3OS/c1-19-12-5-2-10(3-6-12)9-17-15-18-13-7-4-11(16)8-14(13)20-15/h2-8H,9,16H2,1H3,(H,17,18). The summed E-state index contributed by atoms with van der Waals surface area (Å²) >= 11 is 1.61. The van der Waals surface area contributed by atoms with Crippen LogP contribution >= 0.6 is 11.3 Å². The molecule has 0 unspecified atom stereocenters. The molecule has 2 aromatic carbocycles. The van der Waals surface area contributed by atoms with E-state index in [4.69, 9.17) is 10.5 Å². The number of hydrogen-bond donors (Lipinski definition) is 2. The van der Waals surface area contributed by atoms with Crippen LogP contribution in [0.4, 0.5) is 10.8 Å². The lowest BCUT2D eigenvalue weighted by Gasteiger charge is -2.04. The first-order chi connectivity index (χ1) is 9.74. The van der Waals surface area contributed by atoms with Crippen molar-refractivity contribution < 1.29 is 4.74 Å². The fourth-order valence-corrected chi connectivity index (χ4v) is 2.85. The molecular formula is C15H15N3OS. The summed E-state index contributed by atoms with van der Waals surface area (Å²) in [6.07, 6.45) is 0.